The maximum absolute atomic E-state index is 15.6. The molecular weight excluding hydrogens is 924 g/mol. The number of amides is 1. The number of halogens is 1. The molecule has 5 rings (SSSR count). The topological polar surface area (TPSA) is 167 Å². The fraction of sp³-hybridized carbons (Fsp3) is 0.366. The van der Waals surface area contributed by atoms with Crippen molar-refractivity contribution in [3.05, 3.63) is 105 Å². The van der Waals surface area contributed by atoms with Crippen LogP contribution in [0.2, 0.25) is 18.1 Å². The third kappa shape index (κ3) is 12.0. The summed E-state index contributed by atoms with van der Waals surface area (Å²) in [5.74, 6) is 2.11. The normalized spacial score (nSPS) is 12.6. The van der Waals surface area contributed by atoms with Gasteiger partial charge in [-0.3, -0.25) is 0 Å². The second-order valence-corrected chi connectivity index (χ2v) is 24.4. The van der Waals surface area contributed by atoms with E-state index in [9.17, 15) is 9.90 Å². The molecule has 0 aliphatic carbocycles. The van der Waals surface area contributed by atoms with Gasteiger partial charge in [0.15, 0.2) is 8.32 Å². The first-order chi connectivity index (χ1) is 27.9. The monoisotopic (exact) mass is 974 g/mol. The quantitative estimate of drug-likeness (QED) is 0.0464. The molecule has 4 aromatic carbocycles. The van der Waals surface area contributed by atoms with Crippen LogP contribution in [-0.2, 0) is 34.1 Å². The lowest BCUT2D eigenvalue weighted by molar-refractivity contribution is 0.193. The zero-order chi connectivity index (χ0) is 43.0. The van der Waals surface area contributed by atoms with E-state index in [1.54, 1.807) is 51.7 Å². The number of tetrazole rings is 1. The summed E-state index contributed by atoms with van der Waals surface area (Å²) in [6.07, 6.45) is -1.19. The molecule has 5 aromatic rings. The van der Waals surface area contributed by atoms with Gasteiger partial charge in [-0.15, -0.1) is 22.0 Å². The molecule has 18 heteroatoms. The highest BCUT2D eigenvalue weighted by atomic mass is 127. The van der Waals surface area contributed by atoms with E-state index in [1.165, 1.54) is 20.9 Å². The van der Waals surface area contributed by atoms with E-state index in [0.29, 0.717) is 25.7 Å². The van der Waals surface area contributed by atoms with Crippen molar-refractivity contribution < 1.29 is 37.0 Å². The molecule has 0 bridgehead atoms. The van der Waals surface area contributed by atoms with Gasteiger partial charge in [0.1, 0.15) is 22.1 Å². The lowest BCUT2D eigenvalue weighted by Gasteiger charge is -2.37. The standard InChI is InChI=1S/C41H51IN6O8S2Si/c1-41(2,3)59(7,8)56-27-34(23-43-40(49)50)57-36-22-21-35(42)37(39-44-46-48(45-39)26-30-13-19-33(55-6)20-14-30)38(36)58(51,52)47(24-28-9-15-31(53-4)16-10-28)25-29-11-17-32(54-5)18-12-29/h9-22,34,43H,23-27H2,1-8H3,(H,49,50). The number of methoxy groups -OCH3 is 3. The predicted octanol–water partition coefficient (Wildman–Crippen LogP) is 8.16. The van der Waals surface area contributed by atoms with E-state index in [4.69, 9.17) is 23.7 Å². The average Bonchev–Trinajstić information content (AvgIpc) is 3.67. The van der Waals surface area contributed by atoms with E-state index >= 15 is 8.42 Å². The highest BCUT2D eigenvalue weighted by molar-refractivity contribution is 14.1. The molecule has 0 saturated carbocycles. The molecule has 1 aromatic heterocycles. The number of rotatable bonds is 19. The molecule has 0 spiro atoms. The molecule has 0 radical (unpaired) electrons. The Morgan fingerprint density at radius 2 is 1.37 bits per heavy atom. The number of hydrogen-bond acceptors (Lipinski definition) is 11. The van der Waals surface area contributed by atoms with Crippen LogP contribution < -0.4 is 19.5 Å². The van der Waals surface area contributed by atoms with Gasteiger partial charge in [0.25, 0.3) is 0 Å². The van der Waals surface area contributed by atoms with Crippen LogP contribution in [0.1, 0.15) is 37.5 Å². The number of thioether (sulfide) groups is 1. The smallest absolute Gasteiger partial charge is 0.404 e. The van der Waals surface area contributed by atoms with Gasteiger partial charge in [-0.1, -0.05) is 57.2 Å². The van der Waals surface area contributed by atoms with Crippen LogP contribution in [0.15, 0.2) is 94.7 Å². The molecule has 0 saturated heterocycles. The number of nitrogens with zero attached hydrogens (tertiary/aromatic N) is 5. The zero-order valence-electron chi connectivity index (χ0n) is 34.4. The van der Waals surface area contributed by atoms with Gasteiger partial charge in [0.2, 0.25) is 15.8 Å². The van der Waals surface area contributed by atoms with Gasteiger partial charge in [0.05, 0.1) is 33.4 Å². The van der Waals surface area contributed by atoms with Gasteiger partial charge in [-0.25, -0.2) is 13.2 Å². The summed E-state index contributed by atoms with van der Waals surface area (Å²) in [6.45, 7) is 11.1. The summed E-state index contributed by atoms with van der Waals surface area (Å²) in [6, 6.07) is 25.5. The molecule has 0 fully saturated rings. The van der Waals surface area contributed by atoms with Crippen LogP contribution in [0, 0.1) is 3.57 Å². The van der Waals surface area contributed by atoms with Crippen LogP contribution in [0.4, 0.5) is 4.79 Å². The van der Waals surface area contributed by atoms with Crippen molar-refractivity contribution >= 4 is 58.8 Å². The Morgan fingerprint density at radius 1 is 0.864 bits per heavy atom. The highest BCUT2D eigenvalue weighted by Crippen LogP contribution is 2.42. The number of carboxylic acid groups (broad SMARTS) is 1. The second-order valence-electron chi connectivity index (χ2n) is 15.2. The Bertz CT molecular complexity index is 2240. The first kappa shape index (κ1) is 45.9. The van der Waals surface area contributed by atoms with E-state index in [0.717, 1.165) is 16.7 Å². The van der Waals surface area contributed by atoms with Crippen molar-refractivity contribution in [3.63, 3.8) is 0 Å². The SMILES string of the molecule is COc1ccc(CN(Cc2ccc(OC)cc2)S(=O)(=O)c2c(SC(CNC(=O)O)CO[Si](C)(C)C(C)(C)C)ccc(I)c2-c2nnn(Cc3ccc(OC)cc3)n2)cc1. The van der Waals surface area contributed by atoms with Crippen LogP contribution in [-0.4, -0.2) is 92.2 Å². The van der Waals surface area contributed by atoms with Gasteiger partial charge in [-0.2, -0.15) is 9.10 Å². The summed E-state index contributed by atoms with van der Waals surface area (Å²) in [7, 11) is -1.96. The van der Waals surface area contributed by atoms with E-state index in [-0.39, 0.29) is 54.1 Å². The molecular formula is C41H51IN6O8S2Si. The number of ether oxygens (including phenoxy) is 3. The fourth-order valence-electron chi connectivity index (χ4n) is 5.66. The van der Waals surface area contributed by atoms with Crippen molar-refractivity contribution in [1.29, 1.82) is 0 Å². The summed E-state index contributed by atoms with van der Waals surface area (Å²) in [5, 5.41) is 25.0. The molecule has 1 heterocycles. The Hall–Kier alpha value is -4.21. The van der Waals surface area contributed by atoms with E-state index in [1.807, 2.05) is 54.6 Å². The number of nitrogens with one attached hydrogen (secondary N) is 1. The lowest BCUT2D eigenvalue weighted by Crippen LogP contribution is -2.43. The highest BCUT2D eigenvalue weighted by Gasteiger charge is 2.39. The average molecular weight is 975 g/mol. The first-order valence-electron chi connectivity index (χ1n) is 18.7. The second kappa shape index (κ2) is 19.9. The number of hydrogen-bond donors (Lipinski definition) is 2. The Labute approximate surface area is 365 Å². The predicted molar refractivity (Wildman–Crippen MR) is 239 cm³/mol. The third-order valence-electron chi connectivity index (χ3n) is 10.1. The molecule has 14 nitrogen and oxygen atoms in total. The molecule has 59 heavy (non-hydrogen) atoms. The van der Waals surface area contributed by atoms with E-state index < -0.39 is 29.7 Å². The van der Waals surface area contributed by atoms with Gasteiger partial charge in [-0.05, 0) is 111 Å². The molecule has 1 amide bonds. The van der Waals surface area contributed by atoms with Gasteiger partial charge in [0, 0.05) is 40.0 Å². The minimum absolute atomic E-state index is 0.00708. The van der Waals surface area contributed by atoms with Crippen molar-refractivity contribution in [2.45, 2.75) is 73.6 Å². The number of benzene rings is 4. The summed E-state index contributed by atoms with van der Waals surface area (Å²) < 4.78 is 55.9. The molecule has 2 N–H and O–H groups in total. The van der Waals surface area contributed by atoms with Crippen molar-refractivity contribution in [2.75, 3.05) is 34.5 Å². The van der Waals surface area contributed by atoms with Crippen LogP contribution >= 0.6 is 34.4 Å². The Morgan fingerprint density at radius 3 is 1.85 bits per heavy atom. The Kier molecular flexibility index (Phi) is 15.5. The largest absolute Gasteiger partial charge is 0.497 e. The maximum atomic E-state index is 15.6. The van der Waals surface area contributed by atoms with Crippen LogP contribution in [0.5, 0.6) is 17.2 Å². The lowest BCUT2D eigenvalue weighted by atomic mass is 10.2. The van der Waals surface area contributed by atoms with Gasteiger partial charge >= 0.3 is 6.09 Å². The Balaban J connectivity index is 1.67. The molecule has 1 atom stereocenters. The van der Waals surface area contributed by atoms with Crippen molar-refractivity contribution in [3.8, 4) is 28.6 Å². The van der Waals surface area contributed by atoms with Crippen molar-refractivity contribution in [2.24, 2.45) is 0 Å². The van der Waals surface area contributed by atoms with Crippen molar-refractivity contribution in [1.82, 2.24) is 29.8 Å². The maximum Gasteiger partial charge on any atom is 0.404 e. The van der Waals surface area contributed by atoms with E-state index in [2.05, 4.69) is 72.1 Å². The molecule has 1 unspecified atom stereocenters. The van der Waals surface area contributed by atoms with Crippen LogP contribution in [0.3, 0.4) is 0 Å². The number of carbonyl (C=O) groups is 1. The minimum Gasteiger partial charge on any atom is -0.497 e. The molecule has 0 aliphatic heterocycles. The van der Waals surface area contributed by atoms with Gasteiger partial charge < -0.3 is 29.1 Å². The molecule has 316 valence electrons. The minimum atomic E-state index is -4.42. The summed E-state index contributed by atoms with van der Waals surface area (Å²) in [4.78, 5) is 13.6. The summed E-state index contributed by atoms with van der Waals surface area (Å²) >= 11 is 3.35. The van der Waals surface area contributed by atoms with Crippen LogP contribution in [0.25, 0.3) is 11.4 Å². The zero-order valence-corrected chi connectivity index (χ0v) is 39.2. The first-order valence-corrected chi connectivity index (χ1v) is 25.0. The molecule has 0 aliphatic rings. The fourth-order valence-corrected chi connectivity index (χ4v) is 10.9. The number of sulfonamides is 1. The third-order valence-corrected chi connectivity index (χ3v) is 18.7. The summed E-state index contributed by atoms with van der Waals surface area (Å²) in [5.41, 5.74) is 2.64. The number of aromatic nitrogens is 4.